The first-order chi connectivity index (χ1) is 12.8. The monoisotopic (exact) mass is 386 g/mol. The molecule has 0 N–H and O–H groups in total. The molecule has 0 radical (unpaired) electrons. The van der Waals surface area contributed by atoms with E-state index in [0.29, 0.717) is 5.75 Å². The van der Waals surface area contributed by atoms with Gasteiger partial charge in [-0.1, -0.05) is 31.2 Å². The summed E-state index contributed by atoms with van der Waals surface area (Å²) in [5.74, 6) is 1.31. The van der Waals surface area contributed by atoms with Gasteiger partial charge in [-0.2, -0.15) is 8.42 Å². The number of hydrogen-bond acceptors (Lipinski definition) is 5. The van der Waals surface area contributed by atoms with Gasteiger partial charge in [-0.05, 0) is 56.2 Å². The minimum atomic E-state index is -3.87. The molecule has 2 aromatic carbocycles. The van der Waals surface area contributed by atoms with Crippen molar-refractivity contribution in [1.29, 1.82) is 0 Å². The zero-order chi connectivity index (χ0) is 19.6. The lowest BCUT2D eigenvalue weighted by molar-refractivity contribution is 0.398. The van der Waals surface area contributed by atoms with Crippen molar-refractivity contribution in [1.82, 2.24) is 4.90 Å². The van der Waals surface area contributed by atoms with Gasteiger partial charge in [0.15, 0.2) is 0 Å². The molecule has 1 saturated heterocycles. The molecule has 0 aliphatic carbocycles. The summed E-state index contributed by atoms with van der Waals surface area (Å²) >= 11 is 0. The van der Waals surface area contributed by atoms with Crippen LogP contribution >= 0.6 is 0 Å². The number of nitrogens with zero attached hydrogens (tertiary/aromatic N) is 2. The Hall–Kier alpha value is -2.47. The van der Waals surface area contributed by atoms with Crippen LogP contribution in [0, 0.1) is 13.8 Å². The van der Waals surface area contributed by atoms with Gasteiger partial charge in [0, 0.05) is 25.3 Å². The first-order valence-corrected chi connectivity index (χ1v) is 10.6. The fraction of sp³-hybridized carbons (Fsp3) is 0.333. The summed E-state index contributed by atoms with van der Waals surface area (Å²) in [7, 11) is -3.87. The van der Waals surface area contributed by atoms with Gasteiger partial charge in [-0.25, -0.2) is 0 Å². The molecule has 5 nitrogen and oxygen atoms in total. The van der Waals surface area contributed by atoms with Crippen molar-refractivity contribution in [2.45, 2.75) is 32.1 Å². The third kappa shape index (κ3) is 4.11. The Morgan fingerprint density at radius 2 is 1.78 bits per heavy atom. The van der Waals surface area contributed by atoms with Crippen molar-refractivity contribution in [3.63, 3.8) is 0 Å². The molecule has 0 amide bonds. The Kier molecular flexibility index (Phi) is 5.46. The molecule has 1 heterocycles. The largest absolute Gasteiger partial charge is 0.379 e. The van der Waals surface area contributed by atoms with Gasteiger partial charge in [-0.3, -0.25) is 0 Å². The predicted octanol–water partition coefficient (Wildman–Crippen LogP) is 4.07. The van der Waals surface area contributed by atoms with E-state index in [4.69, 9.17) is 4.18 Å². The van der Waals surface area contributed by atoms with E-state index >= 15 is 0 Å². The quantitative estimate of drug-likeness (QED) is 0.701. The van der Waals surface area contributed by atoms with Crippen molar-refractivity contribution in [2.75, 3.05) is 24.5 Å². The highest BCUT2D eigenvalue weighted by molar-refractivity contribution is 7.87. The molecule has 1 fully saturated rings. The minimum Gasteiger partial charge on any atom is -0.379 e. The molecule has 0 atom stereocenters. The number of rotatable bonds is 6. The summed E-state index contributed by atoms with van der Waals surface area (Å²) in [4.78, 5) is 4.49. The lowest BCUT2D eigenvalue weighted by atomic mass is 10.1. The van der Waals surface area contributed by atoms with E-state index in [1.54, 1.807) is 30.3 Å². The van der Waals surface area contributed by atoms with Crippen LogP contribution in [0.2, 0.25) is 0 Å². The van der Waals surface area contributed by atoms with Crippen LogP contribution in [0.25, 0.3) is 0 Å². The topological polar surface area (TPSA) is 49.9 Å². The maximum atomic E-state index is 12.6. The molecule has 0 spiro atoms. The highest BCUT2D eigenvalue weighted by Gasteiger charge is 2.24. The molecule has 0 unspecified atom stereocenters. The molecule has 2 aromatic rings. The van der Waals surface area contributed by atoms with Gasteiger partial charge in [0.2, 0.25) is 0 Å². The molecule has 0 bridgehead atoms. The Bertz CT molecular complexity index is 936. The van der Waals surface area contributed by atoms with Crippen molar-refractivity contribution >= 4 is 15.8 Å². The average molecular weight is 387 g/mol. The highest BCUT2D eigenvalue weighted by Crippen LogP contribution is 2.28. The molecular weight excluding hydrogens is 360 g/mol. The van der Waals surface area contributed by atoms with Crippen LogP contribution in [-0.2, 0) is 10.1 Å². The second-order valence-electron chi connectivity index (χ2n) is 6.86. The van der Waals surface area contributed by atoms with Gasteiger partial charge >= 0.3 is 10.1 Å². The van der Waals surface area contributed by atoms with E-state index in [1.807, 2.05) is 26.0 Å². The lowest BCUT2D eigenvalue weighted by Crippen LogP contribution is -2.22. The summed E-state index contributed by atoms with van der Waals surface area (Å²) in [6.07, 6.45) is 1.07. The predicted molar refractivity (Wildman–Crippen MR) is 109 cm³/mol. The highest BCUT2D eigenvalue weighted by atomic mass is 32.2. The van der Waals surface area contributed by atoms with E-state index in [9.17, 15) is 8.42 Å². The van der Waals surface area contributed by atoms with Crippen molar-refractivity contribution in [3.8, 4) is 5.75 Å². The minimum absolute atomic E-state index is 0.140. The Morgan fingerprint density at radius 3 is 2.41 bits per heavy atom. The summed E-state index contributed by atoms with van der Waals surface area (Å²) < 4.78 is 30.6. The third-order valence-corrected chi connectivity index (χ3v) is 5.98. The van der Waals surface area contributed by atoms with Crippen LogP contribution in [0.5, 0.6) is 5.75 Å². The summed E-state index contributed by atoms with van der Waals surface area (Å²) in [5, 5.41) is 0. The third-order valence-electron chi connectivity index (χ3n) is 4.73. The number of anilines is 1. The number of aryl methyl sites for hydroxylation is 2. The smallest absolute Gasteiger partial charge is 0.339 e. The van der Waals surface area contributed by atoms with Gasteiger partial charge in [-0.15, -0.1) is 0 Å². The van der Waals surface area contributed by atoms with Crippen LogP contribution in [-0.4, -0.2) is 33.0 Å². The molecule has 144 valence electrons. The molecule has 1 aliphatic heterocycles. The van der Waals surface area contributed by atoms with Crippen LogP contribution < -0.4 is 9.08 Å². The van der Waals surface area contributed by atoms with Crippen LogP contribution in [0.3, 0.4) is 0 Å². The Labute approximate surface area is 162 Å². The van der Waals surface area contributed by atoms with E-state index in [0.717, 1.165) is 48.7 Å². The van der Waals surface area contributed by atoms with Gasteiger partial charge in [0.1, 0.15) is 16.5 Å². The van der Waals surface area contributed by atoms with E-state index in [2.05, 4.69) is 23.3 Å². The number of benzene rings is 2. The van der Waals surface area contributed by atoms with Crippen molar-refractivity contribution < 1.29 is 12.6 Å². The molecule has 1 aliphatic rings. The van der Waals surface area contributed by atoms with Crippen LogP contribution in [0.15, 0.2) is 59.8 Å². The summed E-state index contributed by atoms with van der Waals surface area (Å²) in [6, 6.07) is 12.2. The Balaban J connectivity index is 1.77. The van der Waals surface area contributed by atoms with Gasteiger partial charge in [0.05, 0.1) is 0 Å². The first kappa shape index (κ1) is 19.3. The summed E-state index contributed by atoms with van der Waals surface area (Å²) in [6.45, 7) is 12.9. The molecule has 0 aromatic heterocycles. The van der Waals surface area contributed by atoms with E-state index in [1.165, 1.54) is 0 Å². The molecular formula is C21H26N2O3S. The van der Waals surface area contributed by atoms with Crippen LogP contribution in [0.1, 0.15) is 24.5 Å². The second kappa shape index (κ2) is 7.64. The van der Waals surface area contributed by atoms with Gasteiger partial charge in [0.25, 0.3) is 0 Å². The molecule has 6 heteroatoms. The lowest BCUT2D eigenvalue weighted by Gasteiger charge is -2.23. The first-order valence-electron chi connectivity index (χ1n) is 9.15. The Morgan fingerprint density at radius 1 is 1.07 bits per heavy atom. The van der Waals surface area contributed by atoms with E-state index < -0.39 is 10.1 Å². The SMILES string of the molecule is C=C1N(CCC)CCN1c1ccc(S(=O)(=O)Oc2ccc(C)cc2C)cc1. The van der Waals surface area contributed by atoms with Crippen molar-refractivity contribution in [3.05, 3.63) is 66.0 Å². The maximum Gasteiger partial charge on any atom is 0.339 e. The fourth-order valence-electron chi connectivity index (χ4n) is 3.29. The van der Waals surface area contributed by atoms with Crippen LogP contribution in [0.4, 0.5) is 5.69 Å². The second-order valence-corrected chi connectivity index (χ2v) is 8.40. The molecule has 3 rings (SSSR count). The standard InChI is InChI=1S/C21H26N2O3S/c1-5-12-22-13-14-23(18(22)4)19-7-9-20(10-8-19)27(24,25)26-21-11-6-16(2)15-17(21)3/h6-11,15H,4-5,12-14H2,1-3H3. The average Bonchev–Trinajstić information content (AvgIpc) is 2.99. The van der Waals surface area contributed by atoms with E-state index in [-0.39, 0.29) is 4.90 Å². The van der Waals surface area contributed by atoms with Crippen molar-refractivity contribution in [2.24, 2.45) is 0 Å². The maximum absolute atomic E-state index is 12.6. The summed E-state index contributed by atoms with van der Waals surface area (Å²) in [5.41, 5.74) is 2.79. The molecule has 0 saturated carbocycles. The number of hydrogen-bond donors (Lipinski definition) is 0. The van der Waals surface area contributed by atoms with Gasteiger partial charge < -0.3 is 14.0 Å². The zero-order valence-electron chi connectivity index (χ0n) is 16.1. The normalized spacial score (nSPS) is 14.7. The molecule has 27 heavy (non-hydrogen) atoms. The zero-order valence-corrected chi connectivity index (χ0v) is 16.9. The fourth-order valence-corrected chi connectivity index (χ4v) is 4.28.